The molecular weight excluding hydrogens is 197 g/mol. The van der Waals surface area contributed by atoms with Crippen molar-refractivity contribution in [1.82, 2.24) is 0 Å². The topological polar surface area (TPSA) is 0 Å². The predicted octanol–water partition coefficient (Wildman–Crippen LogP) is -2.67. The molecule has 0 aliphatic rings. The first-order valence-corrected chi connectivity index (χ1v) is 13.5. The molecule has 0 aromatic heterocycles. The predicted molar refractivity (Wildman–Crippen MR) is 40.3 cm³/mol. The van der Waals surface area contributed by atoms with Crippen molar-refractivity contribution in [2.24, 2.45) is 0 Å². The summed E-state index contributed by atoms with van der Waals surface area (Å²) in [5, 5.41) is 0. The van der Waals surface area contributed by atoms with Crippen LogP contribution in [0.4, 0.5) is 0 Å². The van der Waals surface area contributed by atoms with E-state index in [1.54, 1.807) is 0 Å². The first-order valence-electron chi connectivity index (χ1n) is 1.50. The average Bonchev–Trinajstić information content (AvgIpc) is 1.69. The van der Waals surface area contributed by atoms with Gasteiger partial charge in [0, 0.05) is 0 Å². The van der Waals surface area contributed by atoms with Crippen molar-refractivity contribution in [2.75, 3.05) is 0 Å². The lowest BCUT2D eigenvalue weighted by Gasteiger charge is -1.32. The summed E-state index contributed by atoms with van der Waals surface area (Å²) in [6.45, 7) is 0. The molecule has 0 unspecified atom stereocenters. The molecule has 7 heavy (non-hydrogen) atoms. The molecule has 0 amide bonds. The van der Waals surface area contributed by atoms with Crippen LogP contribution in [0.25, 0.3) is 0 Å². The van der Waals surface area contributed by atoms with E-state index < -0.39 is 0 Å². The van der Waals surface area contributed by atoms with Crippen molar-refractivity contribution >= 4 is 57.2 Å². The van der Waals surface area contributed by atoms with E-state index in [0.29, 0.717) is 0 Å². The molecule has 0 saturated carbocycles. The Morgan fingerprint density at radius 3 is 1.43 bits per heavy atom. The molecule has 0 aromatic rings. The van der Waals surface area contributed by atoms with Gasteiger partial charge in [0.2, 0.25) is 0 Å². The molecule has 0 saturated heterocycles. The van der Waals surface area contributed by atoms with Gasteiger partial charge in [0.25, 0.3) is 0 Å². The van der Waals surface area contributed by atoms with Crippen LogP contribution in [0.5, 0.6) is 0 Å². The zero-order chi connectivity index (χ0) is 5.54. The summed E-state index contributed by atoms with van der Waals surface area (Å²) in [7, 11) is 12.5. The molecule has 0 aromatic carbocycles. The van der Waals surface area contributed by atoms with Crippen molar-refractivity contribution in [3.63, 3.8) is 0 Å². The maximum atomic E-state index is 3.46. The normalized spacial score (nSPS) is 3.43. The fourth-order valence-corrected chi connectivity index (χ4v) is 22.8. The van der Waals surface area contributed by atoms with Crippen LogP contribution in [0.2, 0.25) is 0 Å². The Labute approximate surface area is 57.2 Å². The van der Waals surface area contributed by atoms with Gasteiger partial charge in [-0.3, -0.25) is 0 Å². The Morgan fingerprint density at radius 1 is 0.714 bits per heavy atom. The average molecular weight is 197 g/mol. The second-order valence-corrected chi connectivity index (χ2v) is 16.9. The van der Waals surface area contributed by atoms with Gasteiger partial charge >= 0.3 is 0 Å². The first kappa shape index (κ1) is 8.52. The lowest BCUT2D eigenvalue weighted by atomic mass is 26.8. The van der Waals surface area contributed by atoms with Gasteiger partial charge in [-0.2, -0.15) is 0 Å². The molecule has 0 rings (SSSR count). The van der Waals surface area contributed by atoms with E-state index in [4.69, 9.17) is 0 Å². The Hall–Kier alpha value is 1.52. The lowest BCUT2D eigenvalue weighted by Crippen LogP contribution is -1.69. The molecule has 0 N–H and O–H groups in total. The summed E-state index contributed by atoms with van der Waals surface area (Å²) in [5.41, 5.74) is 0. The largest absolute Gasteiger partial charge is 0.0569 e. The SMILES string of the molecule is [Si]=[Si]=[Si]=[Si]=[Si]=[Si]=[Si]. The van der Waals surface area contributed by atoms with Gasteiger partial charge < -0.3 is 0 Å². The minimum absolute atomic E-state index is 1.00. The molecule has 0 heterocycles. The summed E-state index contributed by atoms with van der Waals surface area (Å²) in [6, 6.07) is 0. The number of rotatable bonds is 0. The maximum absolute atomic E-state index is 3.46. The van der Waals surface area contributed by atoms with Gasteiger partial charge in [0.15, 0.2) is 0 Å². The van der Waals surface area contributed by atoms with Crippen molar-refractivity contribution in [3.05, 3.63) is 0 Å². The molecule has 4 radical (unpaired) electrons. The maximum Gasteiger partial charge on any atom is 0.0569 e. The Bertz CT molecular complexity index is 182. The van der Waals surface area contributed by atoms with Crippen LogP contribution in [0.1, 0.15) is 0 Å². The fourth-order valence-electron chi connectivity index (χ4n) is 0.0938. The molecule has 0 atom stereocenters. The summed E-state index contributed by atoms with van der Waals surface area (Å²) < 4.78 is 0. The monoisotopic (exact) mass is 196 g/mol. The standard InChI is InChI=1S/Si7/c1-3-5-7-6-4-2. The fraction of sp³-hybridized carbons (Fsp3) is 0. The van der Waals surface area contributed by atoms with Crippen LogP contribution < -0.4 is 0 Å². The summed E-state index contributed by atoms with van der Waals surface area (Å²) in [6.07, 6.45) is 0. The number of hydrogen-bond acceptors (Lipinski definition) is 0. The van der Waals surface area contributed by atoms with Crippen LogP contribution in [0.15, 0.2) is 0 Å². The van der Waals surface area contributed by atoms with Crippen molar-refractivity contribution in [3.8, 4) is 0 Å². The van der Waals surface area contributed by atoms with Gasteiger partial charge in [-0.25, -0.2) is 0 Å². The molecule has 0 nitrogen and oxygen atoms in total. The first-order chi connectivity index (χ1) is 3.41. The van der Waals surface area contributed by atoms with E-state index in [1.807, 2.05) is 0 Å². The second-order valence-electron chi connectivity index (χ2n) is 0.625. The molecule has 0 aliphatic heterocycles. The van der Waals surface area contributed by atoms with E-state index in [0.717, 1.165) is 15.4 Å². The number of hydrogen-bond donors (Lipinski definition) is 0. The van der Waals surface area contributed by atoms with Gasteiger partial charge in [-0.1, -0.05) is 0 Å². The molecule has 0 spiro atoms. The lowest BCUT2D eigenvalue weighted by molar-refractivity contribution is 4.45. The molecular formula is Si7. The minimum Gasteiger partial charge on any atom is -0.0483 e. The minimum atomic E-state index is 1.00. The smallest absolute Gasteiger partial charge is 0.0483 e. The summed E-state index contributed by atoms with van der Waals surface area (Å²) in [5.74, 6) is 0. The highest BCUT2D eigenvalue weighted by Crippen LogP contribution is 0.929. The van der Waals surface area contributed by atoms with Crippen LogP contribution in [0.3, 0.4) is 0 Å². The van der Waals surface area contributed by atoms with Crippen molar-refractivity contribution in [2.45, 2.75) is 0 Å². The Kier molecular flexibility index (Phi) is 9.15. The van der Waals surface area contributed by atoms with Gasteiger partial charge in [0.05, 0.1) is 18.7 Å². The third kappa shape index (κ3) is 7.52. The molecule has 0 bridgehead atoms. The van der Waals surface area contributed by atoms with E-state index in [2.05, 4.69) is 18.7 Å². The third-order valence-electron chi connectivity index (χ3n) is 0.250. The molecule has 7 heteroatoms. The quantitative estimate of drug-likeness (QED) is 0.371. The zero-order valence-electron chi connectivity index (χ0n) is 3.50. The molecule has 0 aliphatic carbocycles. The van der Waals surface area contributed by atoms with Crippen LogP contribution in [-0.2, 0) is 0 Å². The highest BCUT2D eigenvalue weighted by atomic mass is 29.4. The second kappa shape index (κ2) is 7.52. The van der Waals surface area contributed by atoms with E-state index in [-0.39, 0.29) is 0 Å². The summed E-state index contributed by atoms with van der Waals surface area (Å²) >= 11 is 0. The van der Waals surface area contributed by atoms with Gasteiger partial charge in [-0.05, 0) is 38.5 Å². The van der Waals surface area contributed by atoms with Crippen molar-refractivity contribution in [1.29, 1.82) is 0 Å². The van der Waals surface area contributed by atoms with E-state index >= 15 is 0 Å². The van der Waals surface area contributed by atoms with Crippen LogP contribution in [-0.4, -0.2) is 57.2 Å². The van der Waals surface area contributed by atoms with E-state index in [9.17, 15) is 0 Å². The molecule has 0 fully saturated rings. The highest BCUT2D eigenvalue weighted by molar-refractivity contribution is 7.06. The van der Waals surface area contributed by atoms with Crippen LogP contribution >= 0.6 is 0 Å². The zero-order valence-corrected chi connectivity index (χ0v) is 10.5. The Morgan fingerprint density at radius 2 is 1.14 bits per heavy atom. The third-order valence-corrected chi connectivity index (χ3v) is 20.2. The summed E-state index contributed by atoms with van der Waals surface area (Å²) in [4.78, 5) is 0. The van der Waals surface area contributed by atoms with Gasteiger partial charge in [0.1, 0.15) is 0 Å². The van der Waals surface area contributed by atoms with Crippen molar-refractivity contribution < 1.29 is 0 Å². The highest BCUT2D eigenvalue weighted by Gasteiger charge is 1.30. The van der Waals surface area contributed by atoms with E-state index in [1.165, 1.54) is 23.1 Å². The van der Waals surface area contributed by atoms with Gasteiger partial charge in [-0.15, -0.1) is 0 Å². The molecule has 28 valence electrons. The Balaban J connectivity index is 4.89. The van der Waals surface area contributed by atoms with Crippen LogP contribution in [0, 0.1) is 0 Å².